The van der Waals surface area contributed by atoms with E-state index in [-0.39, 0.29) is 0 Å². The molecule has 1 heterocycles. The van der Waals surface area contributed by atoms with E-state index in [1.54, 1.807) is 19.3 Å². The Morgan fingerprint density at radius 2 is 2.25 bits per heavy atom. The van der Waals surface area contributed by atoms with E-state index in [1.807, 2.05) is 7.05 Å². The van der Waals surface area contributed by atoms with Gasteiger partial charge < -0.3 is 10.7 Å². The molecule has 0 saturated heterocycles. The van der Waals surface area contributed by atoms with Gasteiger partial charge in [-0.1, -0.05) is 0 Å². The number of nitrogens with zero attached hydrogens (tertiary/aromatic N) is 1. The number of hydrogen-bond donors (Lipinski definition) is 2. The van der Waals surface area contributed by atoms with E-state index in [0.29, 0.717) is 5.71 Å². The fraction of sp³-hybridized carbons (Fsp3) is 0.250. The molecule has 0 saturated carbocycles. The van der Waals surface area contributed by atoms with Gasteiger partial charge in [-0.25, -0.2) is 0 Å². The zero-order chi connectivity index (χ0) is 9.14. The molecule has 3 nitrogen and oxygen atoms in total. The summed E-state index contributed by atoms with van der Waals surface area (Å²) < 4.78 is 0.883. The average molecular weight is 228 g/mol. The maximum atomic E-state index is 7.48. The van der Waals surface area contributed by atoms with Gasteiger partial charge in [0.15, 0.2) is 0 Å². The predicted octanol–water partition coefficient (Wildman–Crippen LogP) is 2.27. The van der Waals surface area contributed by atoms with E-state index in [1.165, 1.54) is 0 Å². The molecular weight excluding hydrogens is 218 g/mol. The first-order valence-electron chi connectivity index (χ1n) is 3.53. The zero-order valence-electron chi connectivity index (χ0n) is 6.98. The van der Waals surface area contributed by atoms with Crippen molar-refractivity contribution in [2.24, 2.45) is 0 Å². The topological polar surface area (TPSA) is 48.8 Å². The summed E-state index contributed by atoms with van der Waals surface area (Å²) >= 11 is 3.35. The van der Waals surface area contributed by atoms with Gasteiger partial charge in [-0.3, -0.25) is 4.98 Å². The van der Waals surface area contributed by atoms with Crippen LogP contribution in [0.3, 0.4) is 0 Å². The standard InChI is InChI=1S/C8H10BrN3/c1-5(10)6-3-12-4-7(9)8(6)11-2/h3-4,10H,1-2H3,(H,11,12). The Morgan fingerprint density at radius 3 is 2.67 bits per heavy atom. The minimum absolute atomic E-state index is 0.508. The molecular formula is C8H10BrN3. The van der Waals surface area contributed by atoms with Crippen LogP contribution in [0.15, 0.2) is 16.9 Å². The Hall–Kier alpha value is -0.900. The highest BCUT2D eigenvalue weighted by Crippen LogP contribution is 2.24. The molecule has 0 spiro atoms. The van der Waals surface area contributed by atoms with Crippen LogP contribution in [0.5, 0.6) is 0 Å². The van der Waals surface area contributed by atoms with E-state index in [4.69, 9.17) is 5.41 Å². The van der Waals surface area contributed by atoms with E-state index in [9.17, 15) is 0 Å². The molecule has 0 aromatic carbocycles. The number of hydrogen-bond acceptors (Lipinski definition) is 3. The number of rotatable bonds is 2. The minimum Gasteiger partial charge on any atom is -0.387 e. The van der Waals surface area contributed by atoms with Crippen molar-refractivity contribution >= 4 is 27.3 Å². The number of nitrogens with one attached hydrogen (secondary N) is 2. The van der Waals surface area contributed by atoms with E-state index >= 15 is 0 Å². The van der Waals surface area contributed by atoms with Crippen LogP contribution in [-0.4, -0.2) is 17.7 Å². The number of pyridine rings is 1. The molecule has 64 valence electrons. The summed E-state index contributed by atoms with van der Waals surface area (Å²) in [6.45, 7) is 1.74. The summed E-state index contributed by atoms with van der Waals surface area (Å²) in [5, 5.41) is 10.5. The first kappa shape index (κ1) is 9.19. The van der Waals surface area contributed by atoms with Gasteiger partial charge in [0.1, 0.15) is 0 Å². The van der Waals surface area contributed by atoms with Gasteiger partial charge >= 0.3 is 0 Å². The van der Waals surface area contributed by atoms with Crippen molar-refractivity contribution in [1.82, 2.24) is 4.98 Å². The van der Waals surface area contributed by atoms with E-state index in [0.717, 1.165) is 15.7 Å². The minimum atomic E-state index is 0.508. The van der Waals surface area contributed by atoms with Gasteiger partial charge in [0.05, 0.1) is 10.2 Å². The van der Waals surface area contributed by atoms with Crippen LogP contribution < -0.4 is 5.32 Å². The lowest BCUT2D eigenvalue weighted by atomic mass is 10.1. The van der Waals surface area contributed by atoms with Crippen LogP contribution in [0.25, 0.3) is 0 Å². The predicted molar refractivity (Wildman–Crippen MR) is 54.0 cm³/mol. The van der Waals surface area contributed by atoms with Gasteiger partial charge in [0.25, 0.3) is 0 Å². The zero-order valence-corrected chi connectivity index (χ0v) is 8.57. The SMILES string of the molecule is CNc1c(Br)cncc1C(C)=N. The quantitative estimate of drug-likeness (QED) is 0.763. The fourth-order valence-electron chi connectivity index (χ4n) is 0.973. The number of halogens is 1. The molecule has 1 aromatic heterocycles. The fourth-order valence-corrected chi connectivity index (χ4v) is 1.50. The van der Waals surface area contributed by atoms with Crippen molar-refractivity contribution < 1.29 is 0 Å². The maximum absolute atomic E-state index is 7.48. The third kappa shape index (κ3) is 1.64. The second kappa shape index (κ2) is 3.67. The Labute approximate surface area is 79.8 Å². The number of aromatic nitrogens is 1. The molecule has 0 fully saturated rings. The summed E-state index contributed by atoms with van der Waals surface area (Å²) in [4.78, 5) is 3.99. The molecule has 0 aliphatic heterocycles. The van der Waals surface area contributed by atoms with Crippen LogP contribution in [0.1, 0.15) is 12.5 Å². The molecule has 0 unspecified atom stereocenters. The average Bonchev–Trinajstić information content (AvgIpc) is 2.03. The molecule has 0 amide bonds. The molecule has 0 aliphatic carbocycles. The van der Waals surface area contributed by atoms with Gasteiger partial charge in [0, 0.05) is 30.7 Å². The Kier molecular flexibility index (Phi) is 2.81. The van der Waals surface area contributed by atoms with Gasteiger partial charge in [0.2, 0.25) is 0 Å². The molecule has 0 atom stereocenters. The molecule has 1 aromatic rings. The largest absolute Gasteiger partial charge is 0.387 e. The Balaban J connectivity index is 3.27. The Bertz CT molecular complexity index is 309. The molecule has 0 bridgehead atoms. The van der Waals surface area contributed by atoms with E-state index < -0.39 is 0 Å². The van der Waals surface area contributed by atoms with Gasteiger partial charge in [-0.2, -0.15) is 0 Å². The normalized spacial score (nSPS) is 9.58. The lowest BCUT2D eigenvalue weighted by Gasteiger charge is -2.08. The molecule has 4 heteroatoms. The van der Waals surface area contributed by atoms with Crippen molar-refractivity contribution in [3.05, 3.63) is 22.4 Å². The summed E-state index contributed by atoms with van der Waals surface area (Å²) in [6, 6.07) is 0. The maximum Gasteiger partial charge on any atom is 0.0605 e. The van der Waals surface area contributed by atoms with Crippen molar-refractivity contribution in [2.75, 3.05) is 12.4 Å². The smallest absolute Gasteiger partial charge is 0.0605 e. The summed E-state index contributed by atoms with van der Waals surface area (Å²) in [7, 11) is 1.83. The van der Waals surface area contributed by atoms with Crippen LogP contribution in [-0.2, 0) is 0 Å². The van der Waals surface area contributed by atoms with Crippen LogP contribution in [0, 0.1) is 5.41 Å². The first-order valence-corrected chi connectivity index (χ1v) is 4.33. The highest BCUT2D eigenvalue weighted by Gasteiger charge is 2.06. The lowest BCUT2D eigenvalue weighted by Crippen LogP contribution is -2.01. The van der Waals surface area contributed by atoms with Crippen molar-refractivity contribution in [3.8, 4) is 0 Å². The third-order valence-electron chi connectivity index (χ3n) is 1.55. The highest BCUT2D eigenvalue weighted by molar-refractivity contribution is 9.10. The molecule has 2 N–H and O–H groups in total. The van der Waals surface area contributed by atoms with Crippen molar-refractivity contribution in [1.29, 1.82) is 5.41 Å². The van der Waals surface area contributed by atoms with Crippen LogP contribution in [0.2, 0.25) is 0 Å². The molecule has 0 radical (unpaired) electrons. The molecule has 12 heavy (non-hydrogen) atoms. The van der Waals surface area contributed by atoms with Crippen molar-refractivity contribution in [2.45, 2.75) is 6.92 Å². The second-order valence-corrected chi connectivity index (χ2v) is 3.27. The Morgan fingerprint density at radius 1 is 1.58 bits per heavy atom. The number of anilines is 1. The lowest BCUT2D eigenvalue weighted by molar-refractivity contribution is 1.27. The highest BCUT2D eigenvalue weighted by atomic mass is 79.9. The monoisotopic (exact) mass is 227 g/mol. The summed E-state index contributed by atoms with van der Waals surface area (Å²) in [6.07, 6.45) is 3.39. The van der Waals surface area contributed by atoms with Crippen LogP contribution in [0.4, 0.5) is 5.69 Å². The van der Waals surface area contributed by atoms with E-state index in [2.05, 4.69) is 26.2 Å². The second-order valence-electron chi connectivity index (χ2n) is 2.42. The summed E-state index contributed by atoms with van der Waals surface area (Å²) in [5.41, 5.74) is 2.25. The van der Waals surface area contributed by atoms with Gasteiger partial charge in [-0.05, 0) is 22.9 Å². The summed E-state index contributed by atoms with van der Waals surface area (Å²) in [5.74, 6) is 0. The van der Waals surface area contributed by atoms with Gasteiger partial charge in [-0.15, -0.1) is 0 Å². The van der Waals surface area contributed by atoms with Crippen molar-refractivity contribution in [3.63, 3.8) is 0 Å². The molecule has 1 rings (SSSR count). The molecule has 0 aliphatic rings. The van der Waals surface area contributed by atoms with Crippen LogP contribution >= 0.6 is 15.9 Å². The third-order valence-corrected chi connectivity index (χ3v) is 2.15. The first-order chi connectivity index (χ1) is 5.66.